The number of carbonyl (C=O) groups excluding carboxylic acids is 1. The van der Waals surface area contributed by atoms with Crippen LogP contribution < -0.4 is 5.32 Å². The average molecular weight is 284 g/mol. The molecule has 0 radical (unpaired) electrons. The third-order valence-electron chi connectivity index (χ3n) is 3.93. The number of rotatable bonds is 3. The van der Waals surface area contributed by atoms with Crippen LogP contribution in [0.3, 0.4) is 0 Å². The number of aliphatic hydroxyl groups excluding tert-OH is 1. The molecule has 4 nitrogen and oxygen atoms in total. The molecular weight excluding hydrogens is 266 g/mol. The Morgan fingerprint density at radius 2 is 2.21 bits per heavy atom. The highest BCUT2D eigenvalue weighted by molar-refractivity contribution is 6.31. The molecule has 0 aliphatic heterocycles. The summed E-state index contributed by atoms with van der Waals surface area (Å²) in [5.74, 6) is -0.406. The smallest absolute Gasteiger partial charge is 0.339 e. The van der Waals surface area contributed by atoms with Crippen molar-refractivity contribution in [2.24, 2.45) is 5.41 Å². The van der Waals surface area contributed by atoms with E-state index in [-0.39, 0.29) is 17.6 Å². The molecule has 0 amide bonds. The monoisotopic (exact) mass is 283 g/mol. The lowest BCUT2D eigenvalue weighted by molar-refractivity contribution is -0.0510. The summed E-state index contributed by atoms with van der Waals surface area (Å²) in [6.45, 7) is 3.97. The van der Waals surface area contributed by atoms with Gasteiger partial charge in [0.15, 0.2) is 0 Å². The van der Waals surface area contributed by atoms with Crippen LogP contribution in [-0.4, -0.2) is 30.3 Å². The molecular formula is C14H18ClNO3. The number of ether oxygens (including phenoxy) is 1. The van der Waals surface area contributed by atoms with Gasteiger partial charge in [-0.05, 0) is 24.6 Å². The van der Waals surface area contributed by atoms with Crippen LogP contribution in [0.1, 0.15) is 30.6 Å². The van der Waals surface area contributed by atoms with E-state index in [1.165, 1.54) is 7.11 Å². The van der Waals surface area contributed by atoms with Crippen molar-refractivity contribution in [3.05, 3.63) is 28.8 Å². The Labute approximate surface area is 117 Å². The van der Waals surface area contributed by atoms with Crippen LogP contribution in [0.25, 0.3) is 0 Å². The van der Waals surface area contributed by atoms with E-state index in [2.05, 4.69) is 5.32 Å². The molecule has 0 saturated heterocycles. The maximum absolute atomic E-state index is 11.7. The molecule has 19 heavy (non-hydrogen) atoms. The molecule has 0 heterocycles. The Hall–Kier alpha value is -1.26. The highest BCUT2D eigenvalue weighted by Gasteiger charge is 2.47. The molecule has 1 aromatic carbocycles. The SMILES string of the molecule is COC(=O)c1ccc(Cl)cc1NC1CC(O)C1(C)C. The lowest BCUT2D eigenvalue weighted by Crippen LogP contribution is -2.57. The fourth-order valence-corrected chi connectivity index (χ4v) is 2.43. The Morgan fingerprint density at radius 3 is 2.74 bits per heavy atom. The molecule has 2 N–H and O–H groups in total. The number of hydrogen-bond acceptors (Lipinski definition) is 4. The van der Waals surface area contributed by atoms with Gasteiger partial charge in [-0.25, -0.2) is 4.79 Å². The normalized spacial score (nSPS) is 24.5. The quantitative estimate of drug-likeness (QED) is 0.838. The fourth-order valence-electron chi connectivity index (χ4n) is 2.26. The van der Waals surface area contributed by atoms with Crippen LogP contribution in [0.5, 0.6) is 0 Å². The number of carbonyl (C=O) groups is 1. The number of benzene rings is 1. The summed E-state index contributed by atoms with van der Waals surface area (Å²) in [4.78, 5) is 11.7. The van der Waals surface area contributed by atoms with Gasteiger partial charge in [-0.3, -0.25) is 0 Å². The molecule has 0 bridgehead atoms. The van der Waals surface area contributed by atoms with Crippen molar-refractivity contribution < 1.29 is 14.6 Å². The second-order valence-corrected chi connectivity index (χ2v) is 5.89. The molecule has 1 saturated carbocycles. The number of anilines is 1. The molecule has 2 rings (SSSR count). The van der Waals surface area contributed by atoms with Crippen molar-refractivity contribution in [2.45, 2.75) is 32.4 Å². The van der Waals surface area contributed by atoms with Gasteiger partial charge in [0.2, 0.25) is 0 Å². The Kier molecular flexibility index (Phi) is 3.74. The summed E-state index contributed by atoms with van der Waals surface area (Å²) in [6, 6.07) is 5.09. The van der Waals surface area contributed by atoms with Crippen LogP contribution in [-0.2, 0) is 4.74 Å². The van der Waals surface area contributed by atoms with E-state index < -0.39 is 5.97 Å². The molecule has 5 heteroatoms. The molecule has 1 aliphatic rings. The summed E-state index contributed by atoms with van der Waals surface area (Å²) in [7, 11) is 1.34. The summed E-state index contributed by atoms with van der Waals surface area (Å²) < 4.78 is 4.75. The van der Waals surface area contributed by atoms with Crippen LogP contribution in [0.4, 0.5) is 5.69 Å². The first-order valence-electron chi connectivity index (χ1n) is 6.18. The molecule has 0 spiro atoms. The first kappa shape index (κ1) is 14.2. The largest absolute Gasteiger partial charge is 0.465 e. The lowest BCUT2D eigenvalue weighted by atomic mass is 9.64. The standard InChI is InChI=1S/C14H18ClNO3/c1-14(2)11(7-12(14)17)16-10-6-8(15)4-5-9(10)13(18)19-3/h4-6,11-12,16-17H,7H2,1-3H3. The minimum absolute atomic E-state index is 0.101. The van der Waals surface area contributed by atoms with Gasteiger partial charge >= 0.3 is 5.97 Å². The number of methoxy groups -OCH3 is 1. The first-order chi connectivity index (χ1) is 8.86. The van der Waals surface area contributed by atoms with Crippen molar-refractivity contribution in [2.75, 3.05) is 12.4 Å². The van der Waals surface area contributed by atoms with E-state index >= 15 is 0 Å². The second-order valence-electron chi connectivity index (χ2n) is 5.45. The number of esters is 1. The van der Waals surface area contributed by atoms with Crippen LogP contribution in [0.15, 0.2) is 18.2 Å². The zero-order valence-corrected chi connectivity index (χ0v) is 12.0. The van der Waals surface area contributed by atoms with Crippen molar-refractivity contribution >= 4 is 23.3 Å². The molecule has 0 aromatic heterocycles. The summed E-state index contributed by atoms with van der Waals surface area (Å²) in [6.07, 6.45) is 0.325. The topological polar surface area (TPSA) is 58.6 Å². The fraction of sp³-hybridized carbons (Fsp3) is 0.500. The maximum atomic E-state index is 11.7. The van der Waals surface area contributed by atoms with Gasteiger partial charge in [-0.15, -0.1) is 0 Å². The van der Waals surface area contributed by atoms with Crippen LogP contribution >= 0.6 is 11.6 Å². The van der Waals surface area contributed by atoms with Crippen LogP contribution in [0, 0.1) is 5.41 Å². The summed E-state index contributed by atoms with van der Waals surface area (Å²) >= 11 is 5.97. The van der Waals surface area contributed by atoms with E-state index in [1.807, 2.05) is 13.8 Å². The average Bonchev–Trinajstić information content (AvgIpc) is 2.38. The zero-order chi connectivity index (χ0) is 14.2. The molecule has 2 unspecified atom stereocenters. The highest BCUT2D eigenvalue weighted by atomic mass is 35.5. The predicted octanol–water partition coefficient (Wildman–Crippen LogP) is 2.70. The summed E-state index contributed by atoms with van der Waals surface area (Å²) in [5.41, 5.74) is 0.865. The molecule has 1 fully saturated rings. The van der Waals surface area contributed by atoms with Crippen molar-refractivity contribution in [3.63, 3.8) is 0 Å². The number of aliphatic hydroxyl groups is 1. The van der Waals surface area contributed by atoms with E-state index in [1.54, 1.807) is 18.2 Å². The van der Waals surface area contributed by atoms with Gasteiger partial charge < -0.3 is 15.2 Å². The van der Waals surface area contributed by atoms with Gasteiger partial charge in [-0.2, -0.15) is 0 Å². The Morgan fingerprint density at radius 1 is 1.53 bits per heavy atom. The molecule has 1 aliphatic carbocycles. The van der Waals surface area contributed by atoms with Crippen LogP contribution in [0.2, 0.25) is 5.02 Å². The van der Waals surface area contributed by atoms with Crippen molar-refractivity contribution in [1.29, 1.82) is 0 Å². The lowest BCUT2D eigenvalue weighted by Gasteiger charge is -2.50. The third kappa shape index (κ3) is 2.55. The molecule has 1 aromatic rings. The van der Waals surface area contributed by atoms with Gasteiger partial charge in [0, 0.05) is 16.5 Å². The van der Waals surface area contributed by atoms with Gasteiger partial charge in [0.1, 0.15) is 0 Å². The number of halogens is 1. The van der Waals surface area contributed by atoms with Gasteiger partial charge in [0.05, 0.1) is 24.5 Å². The van der Waals surface area contributed by atoms with Gasteiger partial charge in [0.25, 0.3) is 0 Å². The Balaban J connectivity index is 2.25. The third-order valence-corrected chi connectivity index (χ3v) is 4.17. The van der Waals surface area contributed by atoms with E-state index in [0.717, 1.165) is 0 Å². The highest BCUT2D eigenvalue weighted by Crippen LogP contribution is 2.42. The summed E-state index contributed by atoms with van der Waals surface area (Å²) in [5, 5.41) is 13.6. The van der Waals surface area contributed by atoms with Gasteiger partial charge in [-0.1, -0.05) is 25.4 Å². The Bertz CT molecular complexity index is 501. The minimum atomic E-state index is -0.406. The number of nitrogens with one attached hydrogen (secondary N) is 1. The molecule has 104 valence electrons. The number of hydrogen-bond donors (Lipinski definition) is 2. The minimum Gasteiger partial charge on any atom is -0.465 e. The van der Waals surface area contributed by atoms with Crippen molar-refractivity contribution in [1.82, 2.24) is 0 Å². The van der Waals surface area contributed by atoms with E-state index in [9.17, 15) is 9.90 Å². The first-order valence-corrected chi connectivity index (χ1v) is 6.56. The zero-order valence-electron chi connectivity index (χ0n) is 11.2. The maximum Gasteiger partial charge on any atom is 0.339 e. The predicted molar refractivity (Wildman–Crippen MR) is 74.6 cm³/mol. The molecule has 2 atom stereocenters. The van der Waals surface area contributed by atoms with Crippen molar-refractivity contribution in [3.8, 4) is 0 Å². The second kappa shape index (κ2) is 5.02. The van der Waals surface area contributed by atoms with E-state index in [0.29, 0.717) is 22.7 Å². The van der Waals surface area contributed by atoms with E-state index in [4.69, 9.17) is 16.3 Å².